The molecular weight excluding hydrogens is 216 g/mol. The molecule has 0 aliphatic carbocycles. The summed E-state index contributed by atoms with van der Waals surface area (Å²) in [4.78, 5) is 23.8. The normalized spacial score (nSPS) is 14.2. The maximum absolute atomic E-state index is 13.5. The van der Waals surface area contributed by atoms with Crippen LogP contribution in [0.5, 0.6) is 0 Å². The van der Waals surface area contributed by atoms with Crippen LogP contribution in [0.1, 0.15) is 10.4 Å². The van der Waals surface area contributed by atoms with Crippen molar-refractivity contribution in [3.05, 3.63) is 42.0 Å². The first-order valence-electron chi connectivity index (χ1n) is 4.52. The van der Waals surface area contributed by atoms with Crippen molar-refractivity contribution in [3.63, 3.8) is 0 Å². The average molecular weight is 223 g/mol. The van der Waals surface area contributed by atoms with Crippen LogP contribution in [0.15, 0.2) is 24.8 Å². The zero-order chi connectivity index (χ0) is 11.9. The fraction of sp³-hybridized carbons (Fsp3) is 0.0909. The van der Waals surface area contributed by atoms with Gasteiger partial charge in [0.2, 0.25) is 0 Å². The van der Waals surface area contributed by atoms with Gasteiger partial charge >= 0.3 is 0 Å². The van der Waals surface area contributed by atoms with E-state index in [2.05, 4.69) is 6.58 Å². The lowest BCUT2D eigenvalue weighted by Gasteiger charge is -2.14. The van der Waals surface area contributed by atoms with Crippen molar-refractivity contribution in [2.75, 3.05) is 11.4 Å². The molecule has 0 spiro atoms. The van der Waals surface area contributed by atoms with Crippen molar-refractivity contribution in [2.24, 2.45) is 0 Å². The van der Waals surface area contributed by atoms with Crippen LogP contribution in [-0.2, 0) is 4.79 Å². The van der Waals surface area contributed by atoms with Gasteiger partial charge < -0.3 is 0 Å². The van der Waals surface area contributed by atoms with Crippen molar-refractivity contribution >= 4 is 17.4 Å². The fourth-order valence-corrected chi connectivity index (χ4v) is 1.66. The molecule has 1 aromatic rings. The van der Waals surface area contributed by atoms with Crippen LogP contribution in [0.2, 0.25) is 0 Å². The molecule has 1 amide bonds. The van der Waals surface area contributed by atoms with Crippen molar-refractivity contribution in [3.8, 4) is 0 Å². The molecule has 0 saturated heterocycles. The number of nitrogens with zero attached hydrogens (tertiary/aromatic N) is 1. The number of anilines is 1. The molecule has 1 aliphatic rings. The van der Waals surface area contributed by atoms with E-state index in [1.807, 2.05) is 0 Å². The predicted octanol–water partition coefficient (Wildman–Crippen LogP) is 1.68. The molecule has 5 heteroatoms. The summed E-state index contributed by atoms with van der Waals surface area (Å²) >= 11 is 0. The SMILES string of the molecule is C=CCN1C(=O)C(=O)c2cc(F)cc(F)c21. The molecule has 0 aromatic heterocycles. The van der Waals surface area contributed by atoms with Crippen LogP contribution < -0.4 is 4.90 Å². The number of carbonyl (C=O) groups is 2. The summed E-state index contributed by atoms with van der Waals surface area (Å²) in [7, 11) is 0. The molecule has 1 aliphatic heterocycles. The third-order valence-corrected chi connectivity index (χ3v) is 2.29. The lowest BCUT2D eigenvalue weighted by Crippen LogP contribution is -2.30. The van der Waals surface area contributed by atoms with Crippen LogP contribution in [0.25, 0.3) is 0 Å². The number of rotatable bonds is 2. The van der Waals surface area contributed by atoms with Crippen LogP contribution >= 0.6 is 0 Å². The zero-order valence-corrected chi connectivity index (χ0v) is 8.17. The van der Waals surface area contributed by atoms with Crippen LogP contribution in [0, 0.1) is 11.6 Å². The molecular formula is C11H7F2NO2. The minimum absolute atomic E-state index is 0.0140. The number of halogens is 2. The Bertz CT molecular complexity index is 511. The topological polar surface area (TPSA) is 37.4 Å². The first-order chi connectivity index (χ1) is 7.56. The summed E-state index contributed by atoms with van der Waals surface area (Å²) < 4.78 is 26.3. The van der Waals surface area contributed by atoms with Gasteiger partial charge in [0.15, 0.2) is 5.82 Å². The van der Waals surface area contributed by atoms with E-state index in [1.54, 1.807) is 0 Å². The second-order valence-electron chi connectivity index (χ2n) is 3.32. The second kappa shape index (κ2) is 3.52. The lowest BCUT2D eigenvalue weighted by atomic mass is 10.1. The number of fused-ring (bicyclic) bond motifs is 1. The van der Waals surface area contributed by atoms with Crippen molar-refractivity contribution in [1.29, 1.82) is 0 Å². The number of hydrogen-bond acceptors (Lipinski definition) is 2. The number of Topliss-reactive ketones (excluding diaryl/α,β-unsaturated/α-hetero) is 1. The van der Waals surface area contributed by atoms with Gasteiger partial charge in [0.1, 0.15) is 5.82 Å². The van der Waals surface area contributed by atoms with E-state index >= 15 is 0 Å². The molecule has 2 rings (SSSR count). The Morgan fingerprint density at radius 2 is 2.00 bits per heavy atom. The molecule has 0 N–H and O–H groups in total. The highest BCUT2D eigenvalue weighted by atomic mass is 19.1. The van der Waals surface area contributed by atoms with Gasteiger partial charge in [-0.15, -0.1) is 6.58 Å². The summed E-state index contributed by atoms with van der Waals surface area (Å²) in [5.74, 6) is -3.55. The summed E-state index contributed by atoms with van der Waals surface area (Å²) in [6.07, 6.45) is 1.36. The van der Waals surface area contributed by atoms with Crippen molar-refractivity contribution in [2.45, 2.75) is 0 Å². The zero-order valence-electron chi connectivity index (χ0n) is 8.17. The summed E-state index contributed by atoms with van der Waals surface area (Å²) in [5.41, 5.74) is -0.402. The Labute approximate surface area is 90.0 Å². The Kier molecular flexibility index (Phi) is 2.30. The molecule has 3 nitrogen and oxygen atoms in total. The molecule has 1 heterocycles. The van der Waals surface area contributed by atoms with E-state index in [0.717, 1.165) is 11.0 Å². The van der Waals surface area contributed by atoms with Crippen LogP contribution in [0.3, 0.4) is 0 Å². The highest BCUT2D eigenvalue weighted by Crippen LogP contribution is 2.32. The van der Waals surface area contributed by atoms with Gasteiger partial charge in [0.25, 0.3) is 11.7 Å². The Morgan fingerprint density at radius 3 is 2.62 bits per heavy atom. The van der Waals surface area contributed by atoms with Crippen LogP contribution in [0.4, 0.5) is 14.5 Å². The summed E-state index contributed by atoms with van der Waals surface area (Å²) in [5, 5.41) is 0. The molecule has 82 valence electrons. The average Bonchev–Trinajstić information content (AvgIpc) is 2.44. The first kappa shape index (κ1) is 10.5. The minimum atomic E-state index is -0.920. The standard InChI is InChI=1S/C11H7F2NO2/c1-2-3-14-9-7(10(15)11(14)16)4-6(12)5-8(9)13/h2,4-5H,1,3H2. The summed E-state index contributed by atoms with van der Waals surface area (Å²) in [6.45, 7) is 3.42. The van der Waals surface area contributed by atoms with E-state index in [-0.39, 0.29) is 17.8 Å². The van der Waals surface area contributed by atoms with Gasteiger partial charge in [-0.3, -0.25) is 14.5 Å². The Hall–Kier alpha value is -2.04. The molecule has 0 fully saturated rings. The third-order valence-electron chi connectivity index (χ3n) is 2.29. The molecule has 0 saturated carbocycles. The number of amides is 1. The molecule has 0 unspecified atom stereocenters. The quantitative estimate of drug-likeness (QED) is 0.565. The largest absolute Gasteiger partial charge is 0.299 e. The highest BCUT2D eigenvalue weighted by Gasteiger charge is 2.37. The molecule has 1 aromatic carbocycles. The van der Waals surface area contributed by atoms with Gasteiger partial charge in [0, 0.05) is 12.6 Å². The van der Waals surface area contributed by atoms with Gasteiger partial charge in [-0.1, -0.05) is 6.08 Å². The molecule has 0 radical (unpaired) electrons. The first-order valence-corrected chi connectivity index (χ1v) is 4.52. The fourth-order valence-electron chi connectivity index (χ4n) is 1.66. The Morgan fingerprint density at radius 1 is 1.31 bits per heavy atom. The molecule has 16 heavy (non-hydrogen) atoms. The van der Waals surface area contributed by atoms with Gasteiger partial charge in [-0.05, 0) is 6.07 Å². The van der Waals surface area contributed by atoms with E-state index in [4.69, 9.17) is 0 Å². The number of benzene rings is 1. The van der Waals surface area contributed by atoms with Gasteiger partial charge in [0.05, 0.1) is 11.3 Å². The number of carbonyl (C=O) groups excluding carboxylic acids is 2. The van der Waals surface area contributed by atoms with Crippen LogP contribution in [-0.4, -0.2) is 18.2 Å². The predicted molar refractivity (Wildman–Crippen MR) is 53.2 cm³/mol. The van der Waals surface area contributed by atoms with Crippen molar-refractivity contribution in [1.82, 2.24) is 0 Å². The maximum atomic E-state index is 13.5. The third kappa shape index (κ3) is 1.32. The number of ketones is 1. The maximum Gasteiger partial charge on any atom is 0.299 e. The molecule has 0 bridgehead atoms. The minimum Gasteiger partial charge on any atom is -0.298 e. The second-order valence-corrected chi connectivity index (χ2v) is 3.32. The van der Waals surface area contributed by atoms with E-state index < -0.39 is 23.3 Å². The highest BCUT2D eigenvalue weighted by molar-refractivity contribution is 6.52. The van der Waals surface area contributed by atoms with E-state index in [9.17, 15) is 18.4 Å². The monoisotopic (exact) mass is 223 g/mol. The van der Waals surface area contributed by atoms with Gasteiger partial charge in [-0.25, -0.2) is 8.78 Å². The Balaban J connectivity index is 2.65. The molecule has 0 atom stereocenters. The smallest absolute Gasteiger partial charge is 0.298 e. The van der Waals surface area contributed by atoms with E-state index in [1.165, 1.54) is 6.08 Å². The lowest BCUT2D eigenvalue weighted by molar-refractivity contribution is -0.114. The number of hydrogen-bond donors (Lipinski definition) is 0. The van der Waals surface area contributed by atoms with E-state index in [0.29, 0.717) is 6.07 Å². The van der Waals surface area contributed by atoms with Crippen molar-refractivity contribution < 1.29 is 18.4 Å². The van der Waals surface area contributed by atoms with Gasteiger partial charge in [-0.2, -0.15) is 0 Å². The summed E-state index contributed by atoms with van der Waals surface area (Å²) in [6, 6.07) is 1.50.